The van der Waals surface area contributed by atoms with Gasteiger partial charge in [0.05, 0.1) is 5.41 Å². The van der Waals surface area contributed by atoms with Crippen molar-refractivity contribution in [2.75, 3.05) is 20.6 Å². The SMILES string of the molecule is CC(C)CC(CNC(=O)CC(C)(C(=O)O)C(C)C)N(C)C. The molecular formula is C16H32N2O3. The van der Waals surface area contributed by atoms with Crippen molar-refractivity contribution in [1.82, 2.24) is 10.2 Å². The highest BCUT2D eigenvalue weighted by atomic mass is 16.4. The van der Waals surface area contributed by atoms with Crippen molar-refractivity contribution in [3.8, 4) is 0 Å². The average molecular weight is 300 g/mol. The largest absolute Gasteiger partial charge is 0.481 e. The van der Waals surface area contributed by atoms with Crippen molar-refractivity contribution in [2.24, 2.45) is 17.3 Å². The quantitative estimate of drug-likeness (QED) is 0.685. The van der Waals surface area contributed by atoms with Gasteiger partial charge < -0.3 is 15.3 Å². The Morgan fingerprint density at radius 3 is 2.05 bits per heavy atom. The molecule has 5 nitrogen and oxygen atoms in total. The van der Waals surface area contributed by atoms with Crippen LogP contribution in [-0.2, 0) is 9.59 Å². The van der Waals surface area contributed by atoms with Crippen molar-refractivity contribution < 1.29 is 14.7 Å². The van der Waals surface area contributed by atoms with Crippen LogP contribution in [0.4, 0.5) is 0 Å². The lowest BCUT2D eigenvalue weighted by molar-refractivity contribution is -0.153. The Labute approximate surface area is 129 Å². The summed E-state index contributed by atoms with van der Waals surface area (Å²) in [5, 5.41) is 12.2. The van der Waals surface area contributed by atoms with Gasteiger partial charge in [-0.05, 0) is 39.3 Å². The summed E-state index contributed by atoms with van der Waals surface area (Å²) < 4.78 is 0. The number of carbonyl (C=O) groups excluding carboxylic acids is 1. The standard InChI is InChI=1S/C16H32N2O3/c1-11(2)8-13(18(6)7)10-17-14(19)9-16(5,12(3)4)15(20)21/h11-13H,8-10H2,1-7H3,(H,17,19)(H,20,21). The van der Waals surface area contributed by atoms with Crippen LogP contribution in [0.5, 0.6) is 0 Å². The van der Waals surface area contributed by atoms with Crippen molar-refractivity contribution in [2.45, 2.75) is 53.5 Å². The molecule has 0 aromatic rings. The Morgan fingerprint density at radius 1 is 1.19 bits per heavy atom. The first-order valence-corrected chi connectivity index (χ1v) is 7.67. The van der Waals surface area contributed by atoms with Gasteiger partial charge in [0.25, 0.3) is 0 Å². The lowest BCUT2D eigenvalue weighted by atomic mass is 9.76. The van der Waals surface area contributed by atoms with Gasteiger partial charge in [-0.1, -0.05) is 27.7 Å². The Bertz CT molecular complexity index is 353. The van der Waals surface area contributed by atoms with Crippen molar-refractivity contribution in [1.29, 1.82) is 0 Å². The van der Waals surface area contributed by atoms with E-state index < -0.39 is 11.4 Å². The maximum absolute atomic E-state index is 12.1. The molecule has 0 saturated heterocycles. The summed E-state index contributed by atoms with van der Waals surface area (Å²) in [5.74, 6) is -0.654. The second kappa shape index (κ2) is 8.37. The third-order valence-corrected chi connectivity index (χ3v) is 4.30. The van der Waals surface area contributed by atoms with E-state index in [0.29, 0.717) is 12.5 Å². The van der Waals surface area contributed by atoms with E-state index >= 15 is 0 Å². The lowest BCUT2D eigenvalue weighted by Crippen LogP contribution is -2.44. The number of hydrogen-bond donors (Lipinski definition) is 2. The first-order chi connectivity index (χ1) is 9.50. The first-order valence-electron chi connectivity index (χ1n) is 7.67. The fourth-order valence-electron chi connectivity index (χ4n) is 2.18. The molecule has 2 N–H and O–H groups in total. The van der Waals surface area contributed by atoms with E-state index in [1.165, 1.54) is 0 Å². The Morgan fingerprint density at radius 2 is 1.71 bits per heavy atom. The number of likely N-dealkylation sites (N-methyl/N-ethyl adjacent to an activating group) is 1. The van der Waals surface area contributed by atoms with Crippen LogP contribution in [0.15, 0.2) is 0 Å². The van der Waals surface area contributed by atoms with Gasteiger partial charge in [-0.3, -0.25) is 9.59 Å². The molecule has 0 aromatic heterocycles. The molecule has 0 saturated carbocycles. The van der Waals surface area contributed by atoms with E-state index in [2.05, 4.69) is 24.1 Å². The molecule has 0 rings (SSSR count). The molecule has 0 heterocycles. The zero-order valence-electron chi connectivity index (χ0n) is 14.6. The van der Waals surface area contributed by atoms with Crippen LogP contribution in [0.1, 0.15) is 47.5 Å². The normalized spacial score (nSPS) is 16.1. The Hall–Kier alpha value is -1.10. The summed E-state index contributed by atoms with van der Waals surface area (Å²) in [4.78, 5) is 25.6. The monoisotopic (exact) mass is 300 g/mol. The van der Waals surface area contributed by atoms with Crippen molar-refractivity contribution >= 4 is 11.9 Å². The number of carbonyl (C=O) groups is 2. The molecule has 2 unspecified atom stereocenters. The molecule has 5 heteroatoms. The molecule has 0 radical (unpaired) electrons. The average Bonchev–Trinajstić information content (AvgIpc) is 2.32. The molecule has 0 aromatic carbocycles. The molecule has 124 valence electrons. The number of amides is 1. The van der Waals surface area contributed by atoms with Gasteiger partial charge in [-0.25, -0.2) is 0 Å². The summed E-state index contributed by atoms with van der Waals surface area (Å²) in [6, 6.07) is 0.268. The van der Waals surface area contributed by atoms with Gasteiger partial charge in [0.2, 0.25) is 5.91 Å². The van der Waals surface area contributed by atoms with Crippen molar-refractivity contribution in [3.05, 3.63) is 0 Å². The zero-order chi connectivity index (χ0) is 16.8. The van der Waals surface area contributed by atoms with E-state index in [1.807, 2.05) is 27.9 Å². The van der Waals surface area contributed by atoms with Gasteiger partial charge >= 0.3 is 5.97 Å². The Kier molecular flexibility index (Phi) is 7.93. The van der Waals surface area contributed by atoms with Crippen LogP contribution in [0, 0.1) is 17.3 Å². The molecule has 21 heavy (non-hydrogen) atoms. The number of carboxylic acids is 1. The van der Waals surface area contributed by atoms with E-state index in [1.54, 1.807) is 6.92 Å². The maximum atomic E-state index is 12.1. The summed E-state index contributed by atoms with van der Waals surface area (Å²) >= 11 is 0. The van der Waals surface area contributed by atoms with E-state index in [-0.39, 0.29) is 24.3 Å². The summed E-state index contributed by atoms with van der Waals surface area (Å²) in [6.45, 7) is 10.2. The second-order valence-electron chi connectivity index (χ2n) is 7.11. The highest BCUT2D eigenvalue weighted by Gasteiger charge is 2.38. The molecule has 0 fully saturated rings. The molecule has 2 atom stereocenters. The topological polar surface area (TPSA) is 69.6 Å². The van der Waals surface area contributed by atoms with Crippen LogP contribution in [-0.4, -0.2) is 48.6 Å². The van der Waals surface area contributed by atoms with Gasteiger partial charge in [0.15, 0.2) is 0 Å². The summed E-state index contributed by atoms with van der Waals surface area (Å²) in [7, 11) is 3.99. The molecule has 0 aliphatic carbocycles. The van der Waals surface area contributed by atoms with Gasteiger partial charge in [-0.15, -0.1) is 0 Å². The fourth-order valence-corrected chi connectivity index (χ4v) is 2.18. The van der Waals surface area contributed by atoms with E-state index in [4.69, 9.17) is 0 Å². The molecule has 0 aliphatic heterocycles. The number of carboxylic acid groups (broad SMARTS) is 1. The smallest absolute Gasteiger partial charge is 0.310 e. The van der Waals surface area contributed by atoms with Crippen LogP contribution in [0.25, 0.3) is 0 Å². The van der Waals surface area contributed by atoms with Gasteiger partial charge in [-0.2, -0.15) is 0 Å². The highest BCUT2D eigenvalue weighted by molar-refractivity contribution is 5.84. The third-order valence-electron chi connectivity index (χ3n) is 4.30. The van der Waals surface area contributed by atoms with E-state index in [0.717, 1.165) is 6.42 Å². The van der Waals surface area contributed by atoms with Crippen LogP contribution in [0.3, 0.4) is 0 Å². The number of rotatable bonds is 9. The molecule has 0 bridgehead atoms. The molecular weight excluding hydrogens is 268 g/mol. The molecule has 0 aliphatic rings. The summed E-state index contributed by atoms with van der Waals surface area (Å²) in [5.41, 5.74) is -1.02. The molecule has 0 spiro atoms. The third kappa shape index (κ3) is 6.46. The maximum Gasteiger partial charge on any atom is 0.310 e. The predicted molar refractivity (Wildman–Crippen MR) is 85.1 cm³/mol. The number of nitrogens with zero attached hydrogens (tertiary/aromatic N) is 1. The molecule has 1 amide bonds. The van der Waals surface area contributed by atoms with Crippen LogP contribution >= 0.6 is 0 Å². The highest BCUT2D eigenvalue weighted by Crippen LogP contribution is 2.31. The predicted octanol–water partition coefficient (Wildman–Crippen LogP) is 2.22. The Balaban J connectivity index is 4.58. The van der Waals surface area contributed by atoms with E-state index in [9.17, 15) is 14.7 Å². The second-order valence-corrected chi connectivity index (χ2v) is 7.11. The minimum atomic E-state index is -1.02. The number of hydrogen-bond acceptors (Lipinski definition) is 3. The lowest BCUT2D eigenvalue weighted by Gasteiger charge is -2.30. The summed E-state index contributed by atoms with van der Waals surface area (Å²) in [6.07, 6.45) is 1.01. The van der Waals surface area contributed by atoms with Crippen LogP contribution < -0.4 is 5.32 Å². The zero-order valence-corrected chi connectivity index (χ0v) is 14.6. The minimum absolute atomic E-state index is 0.0157. The first kappa shape index (κ1) is 19.9. The number of nitrogens with one attached hydrogen (secondary N) is 1. The van der Waals surface area contributed by atoms with Gasteiger partial charge in [0, 0.05) is 19.0 Å². The van der Waals surface area contributed by atoms with Gasteiger partial charge in [0.1, 0.15) is 0 Å². The van der Waals surface area contributed by atoms with Crippen LogP contribution in [0.2, 0.25) is 0 Å². The fraction of sp³-hybridized carbons (Fsp3) is 0.875. The van der Waals surface area contributed by atoms with Crippen molar-refractivity contribution in [3.63, 3.8) is 0 Å². The minimum Gasteiger partial charge on any atom is -0.481 e. The number of aliphatic carboxylic acids is 1.